The summed E-state index contributed by atoms with van der Waals surface area (Å²) < 4.78 is 12.0. The standard InChI is InChI=1S/C16H23BrN2O3/c1-3-21-14-9-12(17)13(10-15(14)22-4-2)19-16(20)11-5-7-18-8-6-11/h9-11,18H,3-8H2,1-2H3,(H,19,20). The first-order valence-corrected chi connectivity index (χ1v) is 8.55. The molecule has 0 bridgehead atoms. The van der Waals surface area contributed by atoms with Gasteiger partial charge in [0.15, 0.2) is 11.5 Å². The molecule has 22 heavy (non-hydrogen) atoms. The SMILES string of the molecule is CCOc1cc(Br)c(NC(=O)C2CCNCC2)cc1OCC. The van der Waals surface area contributed by atoms with E-state index < -0.39 is 0 Å². The molecule has 0 atom stereocenters. The van der Waals surface area contributed by atoms with E-state index in [2.05, 4.69) is 26.6 Å². The van der Waals surface area contributed by atoms with Crippen LogP contribution in [-0.4, -0.2) is 32.2 Å². The molecule has 0 spiro atoms. The van der Waals surface area contributed by atoms with E-state index in [-0.39, 0.29) is 11.8 Å². The topological polar surface area (TPSA) is 59.6 Å². The number of carbonyl (C=O) groups is 1. The van der Waals surface area contributed by atoms with Crippen LogP contribution in [0.3, 0.4) is 0 Å². The van der Waals surface area contributed by atoms with Gasteiger partial charge in [0, 0.05) is 22.5 Å². The molecule has 1 aromatic carbocycles. The van der Waals surface area contributed by atoms with Gasteiger partial charge < -0.3 is 20.1 Å². The Hall–Kier alpha value is -1.27. The number of rotatable bonds is 6. The molecule has 2 N–H and O–H groups in total. The summed E-state index contributed by atoms with van der Waals surface area (Å²) in [5.41, 5.74) is 0.718. The molecule has 1 aliphatic rings. The molecular formula is C16H23BrN2O3. The van der Waals surface area contributed by atoms with Crippen molar-refractivity contribution in [1.29, 1.82) is 0 Å². The van der Waals surface area contributed by atoms with Crippen LogP contribution in [0, 0.1) is 5.92 Å². The predicted molar refractivity (Wildman–Crippen MR) is 90.7 cm³/mol. The first-order chi connectivity index (χ1) is 10.7. The highest BCUT2D eigenvalue weighted by atomic mass is 79.9. The zero-order valence-electron chi connectivity index (χ0n) is 13.1. The Balaban J connectivity index is 2.15. The molecule has 2 rings (SSSR count). The van der Waals surface area contributed by atoms with E-state index in [4.69, 9.17) is 9.47 Å². The Morgan fingerprint density at radius 2 is 1.82 bits per heavy atom. The summed E-state index contributed by atoms with van der Waals surface area (Å²) >= 11 is 3.49. The fourth-order valence-corrected chi connectivity index (χ4v) is 2.91. The maximum atomic E-state index is 12.4. The van der Waals surface area contributed by atoms with E-state index in [9.17, 15) is 4.79 Å². The Kier molecular flexibility index (Phi) is 6.51. The highest BCUT2D eigenvalue weighted by Crippen LogP contribution is 2.37. The van der Waals surface area contributed by atoms with Crippen molar-refractivity contribution in [2.24, 2.45) is 5.92 Å². The third-order valence-corrected chi connectivity index (χ3v) is 4.26. The molecule has 1 saturated heterocycles. The molecule has 6 heteroatoms. The van der Waals surface area contributed by atoms with Crippen LogP contribution in [0.4, 0.5) is 5.69 Å². The minimum atomic E-state index is 0.0637. The summed E-state index contributed by atoms with van der Waals surface area (Å²) in [4.78, 5) is 12.4. The number of halogens is 1. The van der Waals surface area contributed by atoms with Crippen molar-refractivity contribution in [2.45, 2.75) is 26.7 Å². The molecule has 5 nitrogen and oxygen atoms in total. The average Bonchev–Trinajstić information content (AvgIpc) is 2.53. The van der Waals surface area contributed by atoms with Gasteiger partial charge in [-0.1, -0.05) is 0 Å². The lowest BCUT2D eigenvalue weighted by atomic mass is 9.97. The first kappa shape index (κ1) is 17.1. The summed E-state index contributed by atoms with van der Waals surface area (Å²) in [6.07, 6.45) is 1.75. The van der Waals surface area contributed by atoms with E-state index in [0.717, 1.165) is 36.1 Å². The van der Waals surface area contributed by atoms with Crippen LogP contribution in [0.15, 0.2) is 16.6 Å². The molecule has 1 heterocycles. The van der Waals surface area contributed by atoms with Crippen molar-refractivity contribution >= 4 is 27.5 Å². The molecule has 0 radical (unpaired) electrons. The zero-order chi connectivity index (χ0) is 15.9. The minimum Gasteiger partial charge on any atom is -0.490 e. The normalized spacial score (nSPS) is 15.4. The number of ether oxygens (including phenoxy) is 2. The number of hydrogen-bond acceptors (Lipinski definition) is 4. The van der Waals surface area contributed by atoms with E-state index >= 15 is 0 Å². The summed E-state index contributed by atoms with van der Waals surface area (Å²) in [6.45, 7) is 6.75. The fourth-order valence-electron chi connectivity index (χ4n) is 2.49. The summed E-state index contributed by atoms with van der Waals surface area (Å²) in [5, 5.41) is 6.27. The third-order valence-electron chi connectivity index (χ3n) is 3.60. The molecule has 122 valence electrons. The van der Waals surface area contributed by atoms with Crippen molar-refractivity contribution in [1.82, 2.24) is 5.32 Å². The quantitative estimate of drug-likeness (QED) is 0.807. The summed E-state index contributed by atoms with van der Waals surface area (Å²) in [6, 6.07) is 3.66. The largest absolute Gasteiger partial charge is 0.490 e. The number of carbonyl (C=O) groups excluding carboxylic acids is 1. The highest BCUT2D eigenvalue weighted by Gasteiger charge is 2.22. The molecule has 0 aliphatic carbocycles. The van der Waals surface area contributed by atoms with Crippen molar-refractivity contribution in [3.63, 3.8) is 0 Å². The van der Waals surface area contributed by atoms with Crippen molar-refractivity contribution in [3.05, 3.63) is 16.6 Å². The third kappa shape index (κ3) is 4.36. The van der Waals surface area contributed by atoms with Gasteiger partial charge >= 0.3 is 0 Å². The number of nitrogens with one attached hydrogen (secondary N) is 2. The number of amides is 1. The Labute approximate surface area is 139 Å². The number of piperidine rings is 1. The number of hydrogen-bond donors (Lipinski definition) is 2. The van der Waals surface area contributed by atoms with Crippen LogP contribution in [0.2, 0.25) is 0 Å². The predicted octanol–water partition coefficient (Wildman–Crippen LogP) is 3.18. The van der Waals surface area contributed by atoms with Crippen LogP contribution in [0.5, 0.6) is 11.5 Å². The summed E-state index contributed by atoms with van der Waals surface area (Å²) in [7, 11) is 0. The van der Waals surface area contributed by atoms with Gasteiger partial charge in [-0.25, -0.2) is 0 Å². The van der Waals surface area contributed by atoms with Gasteiger partial charge in [0.05, 0.1) is 18.9 Å². The molecule has 0 unspecified atom stereocenters. The maximum absolute atomic E-state index is 12.4. The van der Waals surface area contributed by atoms with Gasteiger partial charge in [-0.05, 0) is 55.7 Å². The smallest absolute Gasteiger partial charge is 0.227 e. The monoisotopic (exact) mass is 370 g/mol. The fraction of sp³-hybridized carbons (Fsp3) is 0.562. The Morgan fingerprint density at radius 1 is 1.23 bits per heavy atom. The van der Waals surface area contributed by atoms with E-state index in [1.165, 1.54) is 0 Å². The summed E-state index contributed by atoms with van der Waals surface area (Å²) in [5.74, 6) is 1.45. The average molecular weight is 371 g/mol. The Morgan fingerprint density at radius 3 is 2.41 bits per heavy atom. The van der Waals surface area contributed by atoms with Crippen LogP contribution in [-0.2, 0) is 4.79 Å². The molecule has 1 aromatic rings. The van der Waals surface area contributed by atoms with Crippen LogP contribution >= 0.6 is 15.9 Å². The van der Waals surface area contributed by atoms with Gasteiger partial charge in [0.2, 0.25) is 5.91 Å². The lowest BCUT2D eigenvalue weighted by Gasteiger charge is -2.22. The van der Waals surface area contributed by atoms with Crippen LogP contribution < -0.4 is 20.1 Å². The van der Waals surface area contributed by atoms with Gasteiger partial charge in [0.25, 0.3) is 0 Å². The lowest BCUT2D eigenvalue weighted by molar-refractivity contribution is -0.120. The number of benzene rings is 1. The van der Waals surface area contributed by atoms with Crippen LogP contribution in [0.25, 0.3) is 0 Å². The number of anilines is 1. The van der Waals surface area contributed by atoms with E-state index in [0.29, 0.717) is 24.7 Å². The van der Waals surface area contributed by atoms with Gasteiger partial charge in [0.1, 0.15) is 0 Å². The second-order valence-electron chi connectivity index (χ2n) is 5.16. The Bertz CT molecular complexity index is 516. The van der Waals surface area contributed by atoms with E-state index in [1.807, 2.05) is 26.0 Å². The van der Waals surface area contributed by atoms with Crippen molar-refractivity contribution in [3.8, 4) is 11.5 Å². The molecule has 0 saturated carbocycles. The van der Waals surface area contributed by atoms with Gasteiger partial charge in [-0.2, -0.15) is 0 Å². The second-order valence-corrected chi connectivity index (χ2v) is 6.01. The highest BCUT2D eigenvalue weighted by molar-refractivity contribution is 9.10. The molecule has 1 amide bonds. The van der Waals surface area contributed by atoms with Crippen molar-refractivity contribution in [2.75, 3.05) is 31.6 Å². The molecular weight excluding hydrogens is 348 g/mol. The molecule has 0 aromatic heterocycles. The lowest BCUT2D eigenvalue weighted by Crippen LogP contribution is -2.34. The van der Waals surface area contributed by atoms with Gasteiger partial charge in [-0.3, -0.25) is 4.79 Å². The van der Waals surface area contributed by atoms with Crippen molar-refractivity contribution < 1.29 is 14.3 Å². The second kappa shape index (κ2) is 8.39. The van der Waals surface area contributed by atoms with E-state index in [1.54, 1.807) is 0 Å². The minimum absolute atomic E-state index is 0.0637. The van der Waals surface area contributed by atoms with Crippen LogP contribution in [0.1, 0.15) is 26.7 Å². The van der Waals surface area contributed by atoms with Gasteiger partial charge in [-0.15, -0.1) is 0 Å². The molecule has 1 fully saturated rings. The maximum Gasteiger partial charge on any atom is 0.227 e. The first-order valence-electron chi connectivity index (χ1n) is 7.76. The molecule has 1 aliphatic heterocycles. The zero-order valence-corrected chi connectivity index (χ0v) is 14.7.